The fraction of sp³-hybridized carbons (Fsp3) is 0.711. The molecule has 1 saturated heterocycles. The molecule has 0 unspecified atom stereocenters. The van der Waals surface area contributed by atoms with E-state index in [9.17, 15) is 32.4 Å². The highest BCUT2D eigenvalue weighted by Gasteiger charge is 2.55. The maximum absolute atomic E-state index is 14.0. The van der Waals surface area contributed by atoms with E-state index in [4.69, 9.17) is 15.2 Å². The standard InChI is InChI=1S/C38H59N5O9S/c1-6-7-21-53(49,50)41-34(46)38(5)23-28(38)17-11-9-8-10-12-18-30(40-35(47)52-37(2,3)4)33(45)43-25-29(22-31(43)32(39)44)51-36(48)42-20-19-26-15-13-14-16-27(26)24-42/h13-16,28-31H,6-12,17-25H2,1-5H3,(H2,39,44)(H,40,47)(H,41,46)/t28-,29-,30+,31+,38+/m1/s1. The number of rotatable bonds is 17. The number of sulfonamides is 1. The SMILES string of the molecule is CCCCS(=O)(=O)NC(=O)[C@@]1(C)C[C@H]1CCCCCCC[C@H](NC(=O)OC(C)(C)C)C(=O)N1C[C@H](OC(=O)N2CCc3ccccc3C2)C[C@H]1C(N)=O. The van der Waals surface area contributed by atoms with Crippen LogP contribution in [0.1, 0.15) is 116 Å². The molecule has 1 aromatic rings. The number of nitrogens with zero attached hydrogens (tertiary/aromatic N) is 2. The molecule has 0 radical (unpaired) electrons. The fourth-order valence-electron chi connectivity index (χ4n) is 7.24. The first-order valence-corrected chi connectivity index (χ1v) is 20.7. The van der Waals surface area contributed by atoms with Gasteiger partial charge in [0.05, 0.1) is 17.7 Å². The van der Waals surface area contributed by atoms with Crippen LogP contribution in [0, 0.1) is 11.3 Å². The van der Waals surface area contributed by atoms with Crippen molar-refractivity contribution in [3.8, 4) is 0 Å². The van der Waals surface area contributed by atoms with Crippen molar-refractivity contribution in [2.75, 3.05) is 18.8 Å². The Morgan fingerprint density at radius 3 is 2.38 bits per heavy atom. The predicted molar refractivity (Wildman–Crippen MR) is 199 cm³/mol. The van der Waals surface area contributed by atoms with E-state index in [0.717, 1.165) is 44.1 Å². The summed E-state index contributed by atoms with van der Waals surface area (Å²) in [7, 11) is -3.61. The summed E-state index contributed by atoms with van der Waals surface area (Å²) in [5.41, 5.74) is 6.51. The molecule has 0 spiro atoms. The molecule has 5 atom stereocenters. The number of nitrogens with one attached hydrogen (secondary N) is 2. The number of hydrogen-bond donors (Lipinski definition) is 3. The average molecular weight is 762 g/mol. The van der Waals surface area contributed by atoms with Gasteiger partial charge in [-0.15, -0.1) is 0 Å². The lowest BCUT2D eigenvalue weighted by Crippen LogP contribution is -2.53. The van der Waals surface area contributed by atoms with E-state index in [1.807, 2.05) is 38.1 Å². The minimum absolute atomic E-state index is 0.0299. The van der Waals surface area contributed by atoms with Crippen LogP contribution in [0.3, 0.4) is 0 Å². The number of carbonyl (C=O) groups excluding carboxylic acids is 5. The molecule has 1 aromatic carbocycles. The van der Waals surface area contributed by atoms with Crippen LogP contribution in [0.4, 0.5) is 9.59 Å². The van der Waals surface area contributed by atoms with E-state index in [2.05, 4.69) is 10.0 Å². The summed E-state index contributed by atoms with van der Waals surface area (Å²) in [5.74, 6) is -1.54. The van der Waals surface area contributed by atoms with Gasteiger partial charge in [-0.25, -0.2) is 18.0 Å². The molecule has 53 heavy (non-hydrogen) atoms. The highest BCUT2D eigenvalue weighted by atomic mass is 32.2. The zero-order valence-corrected chi connectivity index (χ0v) is 32.8. The third kappa shape index (κ3) is 12.1. The Bertz CT molecular complexity index is 1600. The Kier molecular flexibility index (Phi) is 14.2. The van der Waals surface area contributed by atoms with Gasteiger partial charge in [-0.1, -0.05) is 76.6 Å². The van der Waals surface area contributed by atoms with Crippen LogP contribution < -0.4 is 15.8 Å². The maximum atomic E-state index is 14.0. The third-order valence-electron chi connectivity index (χ3n) is 10.5. The number of likely N-dealkylation sites (tertiary alicyclic amines) is 1. The van der Waals surface area contributed by atoms with Crippen LogP contribution in [0.5, 0.6) is 0 Å². The van der Waals surface area contributed by atoms with Gasteiger partial charge in [0.15, 0.2) is 0 Å². The Morgan fingerprint density at radius 1 is 1.02 bits per heavy atom. The third-order valence-corrected chi connectivity index (χ3v) is 11.8. The molecule has 2 heterocycles. The lowest BCUT2D eigenvalue weighted by Gasteiger charge is -2.29. The molecule has 1 aliphatic carbocycles. The van der Waals surface area contributed by atoms with Crippen LogP contribution in [0.2, 0.25) is 0 Å². The first kappa shape index (κ1) is 41.9. The summed E-state index contributed by atoms with van der Waals surface area (Å²) in [4.78, 5) is 68.0. The minimum Gasteiger partial charge on any atom is -0.444 e. The van der Waals surface area contributed by atoms with E-state index < -0.39 is 69.1 Å². The number of alkyl carbamates (subject to hydrolysis) is 1. The molecule has 1 saturated carbocycles. The highest BCUT2D eigenvalue weighted by Crippen LogP contribution is 2.55. The highest BCUT2D eigenvalue weighted by molar-refractivity contribution is 7.90. The van der Waals surface area contributed by atoms with Crippen molar-refractivity contribution in [3.05, 3.63) is 35.4 Å². The van der Waals surface area contributed by atoms with E-state index >= 15 is 0 Å². The van der Waals surface area contributed by atoms with E-state index in [1.54, 1.807) is 25.7 Å². The summed E-state index contributed by atoms with van der Waals surface area (Å²) >= 11 is 0. The van der Waals surface area contributed by atoms with Crippen molar-refractivity contribution >= 4 is 39.9 Å². The van der Waals surface area contributed by atoms with Gasteiger partial charge < -0.3 is 30.3 Å². The molecule has 14 nitrogen and oxygen atoms in total. The first-order chi connectivity index (χ1) is 24.9. The fourth-order valence-corrected chi connectivity index (χ4v) is 8.52. The van der Waals surface area contributed by atoms with E-state index in [1.165, 1.54) is 10.5 Å². The maximum Gasteiger partial charge on any atom is 0.410 e. The van der Waals surface area contributed by atoms with Gasteiger partial charge in [0.2, 0.25) is 27.7 Å². The topological polar surface area (TPSA) is 195 Å². The number of carbonyl (C=O) groups is 5. The predicted octanol–water partition coefficient (Wildman–Crippen LogP) is 4.53. The van der Waals surface area contributed by atoms with E-state index in [0.29, 0.717) is 45.2 Å². The lowest BCUT2D eigenvalue weighted by molar-refractivity contribution is -0.139. The number of amides is 5. The quantitative estimate of drug-likeness (QED) is 0.191. The molecule has 5 amide bonds. The number of primary amides is 1. The second kappa shape index (κ2) is 18.0. The zero-order valence-electron chi connectivity index (χ0n) is 32.0. The van der Waals surface area contributed by atoms with Gasteiger partial charge in [-0.05, 0) is 69.9 Å². The molecule has 4 rings (SSSR count). The summed E-state index contributed by atoms with van der Waals surface area (Å²) in [6, 6.07) is 5.92. The number of nitrogens with two attached hydrogens (primary N) is 1. The summed E-state index contributed by atoms with van der Waals surface area (Å²) in [6.07, 6.45) is 5.79. The molecule has 3 aliphatic rings. The summed E-state index contributed by atoms with van der Waals surface area (Å²) in [5, 5.41) is 2.70. The zero-order chi connectivity index (χ0) is 39.0. The number of fused-ring (bicyclic) bond motifs is 1. The summed E-state index contributed by atoms with van der Waals surface area (Å²) < 4.78 is 37.9. The van der Waals surface area contributed by atoms with Crippen LogP contribution in [0.15, 0.2) is 24.3 Å². The van der Waals surface area contributed by atoms with Crippen molar-refractivity contribution in [2.45, 2.75) is 142 Å². The number of unbranched alkanes of at least 4 members (excludes halogenated alkanes) is 5. The van der Waals surface area contributed by atoms with Gasteiger partial charge in [-0.3, -0.25) is 19.1 Å². The smallest absolute Gasteiger partial charge is 0.410 e. The minimum atomic E-state index is -3.61. The van der Waals surface area contributed by atoms with Gasteiger partial charge in [0.25, 0.3) is 0 Å². The number of ether oxygens (including phenoxy) is 2. The molecule has 2 fully saturated rings. The molecule has 296 valence electrons. The molecule has 2 aliphatic heterocycles. The molecule has 0 aromatic heterocycles. The van der Waals surface area contributed by atoms with Gasteiger partial charge >= 0.3 is 12.2 Å². The molecule has 15 heteroatoms. The molecule has 0 bridgehead atoms. The number of hydrogen-bond acceptors (Lipinski definition) is 9. The normalized spacial score (nSPS) is 23.1. The van der Waals surface area contributed by atoms with Gasteiger partial charge in [0, 0.05) is 19.5 Å². The Hall–Kier alpha value is -3.88. The Labute approximate surface area is 314 Å². The summed E-state index contributed by atoms with van der Waals surface area (Å²) in [6.45, 7) is 9.76. The van der Waals surface area contributed by atoms with Gasteiger partial charge in [0.1, 0.15) is 23.8 Å². The molecule has 4 N–H and O–H groups in total. The monoisotopic (exact) mass is 761 g/mol. The van der Waals surface area contributed by atoms with Crippen LogP contribution >= 0.6 is 0 Å². The van der Waals surface area contributed by atoms with Crippen molar-refractivity contribution in [1.82, 2.24) is 19.8 Å². The van der Waals surface area contributed by atoms with Crippen molar-refractivity contribution in [3.63, 3.8) is 0 Å². The van der Waals surface area contributed by atoms with Crippen molar-refractivity contribution in [2.24, 2.45) is 17.1 Å². The van der Waals surface area contributed by atoms with Crippen LogP contribution in [-0.2, 0) is 46.8 Å². The second-order valence-corrected chi connectivity index (χ2v) is 17.9. The largest absolute Gasteiger partial charge is 0.444 e. The van der Waals surface area contributed by atoms with Crippen molar-refractivity contribution < 1.29 is 41.9 Å². The van der Waals surface area contributed by atoms with Crippen molar-refractivity contribution in [1.29, 1.82) is 0 Å². The average Bonchev–Trinajstić information content (AvgIpc) is 3.56. The number of benzene rings is 1. The Balaban J connectivity index is 1.27. The van der Waals surface area contributed by atoms with Gasteiger partial charge in [-0.2, -0.15) is 0 Å². The molecular formula is C38H59N5O9S. The molecular weight excluding hydrogens is 703 g/mol. The first-order valence-electron chi connectivity index (χ1n) is 19.1. The Morgan fingerprint density at radius 2 is 1.70 bits per heavy atom. The second-order valence-electron chi connectivity index (χ2n) is 16.1. The van der Waals surface area contributed by atoms with Crippen LogP contribution in [-0.4, -0.2) is 90.8 Å². The lowest BCUT2D eigenvalue weighted by atomic mass is 10.0. The van der Waals surface area contributed by atoms with E-state index in [-0.39, 0.29) is 24.6 Å². The van der Waals surface area contributed by atoms with Crippen LogP contribution in [0.25, 0.3) is 0 Å².